The molecule has 0 aliphatic heterocycles. The largest absolute Gasteiger partial charge is 0.395 e. The van der Waals surface area contributed by atoms with E-state index in [1.807, 2.05) is 30.3 Å². The third-order valence-electron chi connectivity index (χ3n) is 3.56. The van der Waals surface area contributed by atoms with Crippen molar-refractivity contribution in [3.05, 3.63) is 46.4 Å². The first-order valence-electron chi connectivity index (χ1n) is 6.45. The summed E-state index contributed by atoms with van der Waals surface area (Å²) in [6.07, 6.45) is 0. The number of carbonyl (C=O) groups is 1. The molecule has 3 rings (SSSR count). The van der Waals surface area contributed by atoms with E-state index in [1.54, 1.807) is 6.92 Å². The lowest BCUT2D eigenvalue weighted by atomic mass is 10.1. The van der Waals surface area contributed by atoms with E-state index in [0.29, 0.717) is 12.1 Å². The number of hydrogen-bond donors (Lipinski definition) is 1. The van der Waals surface area contributed by atoms with Gasteiger partial charge in [0.05, 0.1) is 6.61 Å². The Bertz CT molecular complexity index is 820. The number of rotatable bonds is 3. The highest BCUT2D eigenvalue weighted by molar-refractivity contribution is 9.10. The second-order valence-corrected chi connectivity index (χ2v) is 5.74. The fourth-order valence-electron chi connectivity index (χ4n) is 2.64. The maximum Gasteiger partial charge on any atom is 0.159 e. The molecule has 3 aromatic rings. The second kappa shape index (κ2) is 5.04. The number of halogens is 1. The number of aliphatic hydroxyl groups is 1. The highest BCUT2D eigenvalue weighted by Gasteiger charge is 2.12. The summed E-state index contributed by atoms with van der Waals surface area (Å²) in [6, 6.07) is 11.8. The lowest BCUT2D eigenvalue weighted by Crippen LogP contribution is -2.01. The Balaban J connectivity index is 2.43. The van der Waals surface area contributed by atoms with Crippen LogP contribution in [0.4, 0.5) is 0 Å². The summed E-state index contributed by atoms with van der Waals surface area (Å²) >= 11 is 3.49. The summed E-state index contributed by atoms with van der Waals surface area (Å²) in [5.41, 5.74) is 2.82. The minimum absolute atomic E-state index is 0.0601. The Kier molecular flexibility index (Phi) is 3.36. The molecule has 0 bridgehead atoms. The predicted octanol–water partition coefficient (Wildman–Crippen LogP) is 3.75. The number of nitrogens with zero attached hydrogens (tertiary/aromatic N) is 1. The van der Waals surface area contributed by atoms with Crippen molar-refractivity contribution in [3.63, 3.8) is 0 Å². The van der Waals surface area contributed by atoms with Crippen LogP contribution in [0, 0.1) is 0 Å². The third-order valence-corrected chi connectivity index (χ3v) is 4.05. The molecule has 0 aliphatic rings. The average molecular weight is 332 g/mol. The van der Waals surface area contributed by atoms with Crippen LogP contribution in [0.3, 0.4) is 0 Å². The van der Waals surface area contributed by atoms with E-state index in [1.165, 1.54) is 0 Å². The molecule has 0 saturated carbocycles. The van der Waals surface area contributed by atoms with Crippen molar-refractivity contribution in [2.24, 2.45) is 0 Å². The van der Waals surface area contributed by atoms with Gasteiger partial charge in [0.1, 0.15) is 0 Å². The number of Topliss-reactive ketones (excluding diaryl/α,β-unsaturated/α-hetero) is 1. The van der Waals surface area contributed by atoms with Crippen molar-refractivity contribution in [2.45, 2.75) is 13.5 Å². The van der Waals surface area contributed by atoms with Gasteiger partial charge in [0.2, 0.25) is 0 Å². The molecule has 0 aliphatic carbocycles. The Morgan fingerprint density at radius 3 is 2.45 bits per heavy atom. The van der Waals surface area contributed by atoms with Gasteiger partial charge < -0.3 is 9.67 Å². The SMILES string of the molecule is CC(=O)c1ccc2c(c1)c1cc(Br)ccc1n2CCO. The van der Waals surface area contributed by atoms with Crippen molar-refractivity contribution in [1.29, 1.82) is 0 Å². The van der Waals surface area contributed by atoms with Crippen molar-refractivity contribution in [2.75, 3.05) is 6.61 Å². The Morgan fingerprint density at radius 1 is 1.15 bits per heavy atom. The van der Waals surface area contributed by atoms with Crippen molar-refractivity contribution >= 4 is 43.5 Å². The van der Waals surface area contributed by atoms with E-state index in [2.05, 4.69) is 26.6 Å². The number of aromatic nitrogens is 1. The van der Waals surface area contributed by atoms with Crippen LogP contribution in [0.5, 0.6) is 0 Å². The molecule has 1 N–H and O–H groups in total. The number of aliphatic hydroxyl groups excluding tert-OH is 1. The van der Waals surface area contributed by atoms with E-state index >= 15 is 0 Å². The van der Waals surface area contributed by atoms with Crippen LogP contribution in [0.15, 0.2) is 40.9 Å². The Hall–Kier alpha value is -1.65. The van der Waals surface area contributed by atoms with E-state index < -0.39 is 0 Å². The molecule has 4 heteroatoms. The average Bonchev–Trinajstić information content (AvgIpc) is 2.73. The zero-order valence-electron chi connectivity index (χ0n) is 11.1. The van der Waals surface area contributed by atoms with E-state index in [9.17, 15) is 9.90 Å². The highest BCUT2D eigenvalue weighted by Crippen LogP contribution is 2.31. The third kappa shape index (κ3) is 2.05. The summed E-state index contributed by atoms with van der Waals surface area (Å²) in [6.45, 7) is 2.20. The monoisotopic (exact) mass is 331 g/mol. The molecule has 102 valence electrons. The molecule has 0 fully saturated rings. The van der Waals surface area contributed by atoms with Gasteiger partial charge in [-0.25, -0.2) is 0 Å². The van der Waals surface area contributed by atoms with Gasteiger partial charge in [-0.2, -0.15) is 0 Å². The maximum absolute atomic E-state index is 11.6. The van der Waals surface area contributed by atoms with Crippen LogP contribution >= 0.6 is 15.9 Å². The van der Waals surface area contributed by atoms with Crippen molar-refractivity contribution in [3.8, 4) is 0 Å². The minimum atomic E-state index is 0.0601. The smallest absolute Gasteiger partial charge is 0.159 e. The number of benzene rings is 2. The van der Waals surface area contributed by atoms with Gasteiger partial charge in [-0.05, 0) is 43.3 Å². The van der Waals surface area contributed by atoms with E-state index in [-0.39, 0.29) is 12.4 Å². The second-order valence-electron chi connectivity index (χ2n) is 4.82. The molecule has 0 amide bonds. The molecule has 0 spiro atoms. The fourth-order valence-corrected chi connectivity index (χ4v) is 3.00. The van der Waals surface area contributed by atoms with Gasteiger partial charge in [0, 0.05) is 38.4 Å². The highest BCUT2D eigenvalue weighted by atomic mass is 79.9. The predicted molar refractivity (Wildman–Crippen MR) is 84.2 cm³/mol. The van der Waals surface area contributed by atoms with Crippen LogP contribution < -0.4 is 0 Å². The standard InChI is InChI=1S/C16H14BrNO2/c1-10(20)11-2-4-15-13(8-11)14-9-12(17)3-5-16(14)18(15)6-7-19/h2-5,8-9,19H,6-7H2,1H3. The normalized spacial score (nSPS) is 11.3. The van der Waals surface area contributed by atoms with Crippen LogP contribution in [-0.2, 0) is 6.54 Å². The summed E-state index contributed by atoms with van der Waals surface area (Å²) in [5.74, 6) is 0.0601. The molecule has 1 heterocycles. The van der Waals surface area contributed by atoms with Gasteiger partial charge in [-0.1, -0.05) is 15.9 Å². The van der Waals surface area contributed by atoms with Gasteiger partial charge >= 0.3 is 0 Å². The molecular formula is C16H14BrNO2. The first-order valence-corrected chi connectivity index (χ1v) is 7.24. The van der Waals surface area contributed by atoms with Gasteiger partial charge in [0.25, 0.3) is 0 Å². The summed E-state index contributed by atoms with van der Waals surface area (Å²) < 4.78 is 3.09. The zero-order chi connectivity index (χ0) is 14.3. The molecule has 0 radical (unpaired) electrons. The summed E-state index contributed by atoms with van der Waals surface area (Å²) in [7, 11) is 0. The number of fused-ring (bicyclic) bond motifs is 3. The molecule has 20 heavy (non-hydrogen) atoms. The lowest BCUT2D eigenvalue weighted by molar-refractivity contribution is 0.101. The molecule has 0 saturated heterocycles. The Labute approximate surface area is 124 Å². The minimum Gasteiger partial charge on any atom is -0.395 e. The van der Waals surface area contributed by atoms with Gasteiger partial charge in [0.15, 0.2) is 5.78 Å². The fraction of sp³-hybridized carbons (Fsp3) is 0.188. The molecule has 2 aromatic carbocycles. The first kappa shape index (κ1) is 13.3. The van der Waals surface area contributed by atoms with Gasteiger partial charge in [-0.3, -0.25) is 4.79 Å². The Morgan fingerprint density at radius 2 is 1.80 bits per heavy atom. The number of hydrogen-bond acceptors (Lipinski definition) is 2. The van der Waals surface area contributed by atoms with Crippen LogP contribution in [-0.4, -0.2) is 22.1 Å². The van der Waals surface area contributed by atoms with Gasteiger partial charge in [-0.15, -0.1) is 0 Å². The van der Waals surface area contributed by atoms with Crippen LogP contribution in [0.1, 0.15) is 17.3 Å². The molecule has 0 atom stereocenters. The summed E-state index contributed by atoms with van der Waals surface area (Å²) in [4.78, 5) is 11.6. The zero-order valence-corrected chi connectivity index (χ0v) is 12.6. The topological polar surface area (TPSA) is 42.2 Å². The maximum atomic E-state index is 11.6. The molecule has 0 unspecified atom stereocenters. The summed E-state index contributed by atoms with van der Waals surface area (Å²) in [5, 5.41) is 11.4. The molecule has 1 aromatic heterocycles. The molecular weight excluding hydrogens is 318 g/mol. The van der Waals surface area contributed by atoms with Crippen LogP contribution in [0.2, 0.25) is 0 Å². The lowest BCUT2D eigenvalue weighted by Gasteiger charge is -2.04. The van der Waals surface area contributed by atoms with E-state index in [0.717, 1.165) is 26.3 Å². The first-order chi connectivity index (χ1) is 9.61. The van der Waals surface area contributed by atoms with E-state index in [4.69, 9.17) is 0 Å². The van der Waals surface area contributed by atoms with Crippen molar-refractivity contribution < 1.29 is 9.90 Å². The molecule has 3 nitrogen and oxygen atoms in total. The number of carbonyl (C=O) groups excluding carboxylic acids is 1. The van der Waals surface area contributed by atoms with Crippen molar-refractivity contribution in [1.82, 2.24) is 4.57 Å². The quantitative estimate of drug-likeness (QED) is 0.742. The number of ketones is 1. The van der Waals surface area contributed by atoms with Crippen LogP contribution in [0.25, 0.3) is 21.8 Å².